The molecule has 1 aliphatic carbocycles. The topological polar surface area (TPSA) is 35.8 Å². The van der Waals surface area contributed by atoms with Gasteiger partial charge in [-0.05, 0) is 43.0 Å². The van der Waals surface area contributed by atoms with Crippen LogP contribution in [-0.2, 0) is 5.75 Å². The summed E-state index contributed by atoms with van der Waals surface area (Å²) in [5.74, 6) is 2.75. The summed E-state index contributed by atoms with van der Waals surface area (Å²) in [5.41, 5.74) is 1.14. The molecule has 1 saturated carbocycles. The van der Waals surface area contributed by atoms with Gasteiger partial charge in [-0.2, -0.15) is 17.0 Å². The Bertz CT molecular complexity index is 440. The number of hydrogen-bond acceptors (Lipinski definition) is 3. The SMILES string of the molecule is CCNC1(C#N)CCCC1CCSCc1ccccc1. The average Bonchev–Trinajstić information content (AvgIpc) is 2.88. The van der Waals surface area contributed by atoms with E-state index in [9.17, 15) is 5.26 Å². The zero-order valence-corrected chi connectivity index (χ0v) is 13.1. The van der Waals surface area contributed by atoms with Crippen LogP contribution in [0, 0.1) is 17.2 Å². The normalized spacial score (nSPS) is 25.5. The van der Waals surface area contributed by atoms with Crippen molar-refractivity contribution in [1.82, 2.24) is 5.32 Å². The van der Waals surface area contributed by atoms with Crippen molar-refractivity contribution < 1.29 is 0 Å². The zero-order chi connectivity index (χ0) is 14.3. The van der Waals surface area contributed by atoms with E-state index in [4.69, 9.17) is 0 Å². The Morgan fingerprint density at radius 1 is 1.40 bits per heavy atom. The Morgan fingerprint density at radius 3 is 2.90 bits per heavy atom. The summed E-state index contributed by atoms with van der Waals surface area (Å²) in [6.07, 6.45) is 4.56. The van der Waals surface area contributed by atoms with Crippen molar-refractivity contribution in [3.8, 4) is 6.07 Å². The molecule has 0 aliphatic heterocycles. The van der Waals surface area contributed by atoms with E-state index in [2.05, 4.69) is 48.6 Å². The predicted octanol–water partition coefficient (Wildman–Crippen LogP) is 3.98. The van der Waals surface area contributed by atoms with Crippen LogP contribution in [0.1, 0.15) is 38.2 Å². The molecule has 0 radical (unpaired) electrons. The Balaban J connectivity index is 1.77. The van der Waals surface area contributed by atoms with E-state index in [0.29, 0.717) is 5.92 Å². The molecule has 1 fully saturated rings. The highest BCUT2D eigenvalue weighted by atomic mass is 32.2. The third-order valence-corrected chi connectivity index (χ3v) is 5.30. The van der Waals surface area contributed by atoms with Crippen LogP contribution in [0.5, 0.6) is 0 Å². The maximum Gasteiger partial charge on any atom is 0.109 e. The standard InChI is InChI=1S/C17H24N2S/c1-2-19-17(14-18)11-6-9-16(17)10-12-20-13-15-7-4-3-5-8-15/h3-5,7-8,16,19H,2,6,9-13H2,1H3. The summed E-state index contributed by atoms with van der Waals surface area (Å²) >= 11 is 1.99. The number of nitrogens with one attached hydrogen (secondary N) is 1. The van der Waals surface area contributed by atoms with E-state index < -0.39 is 0 Å². The van der Waals surface area contributed by atoms with Crippen molar-refractivity contribution in [1.29, 1.82) is 5.26 Å². The van der Waals surface area contributed by atoms with Crippen molar-refractivity contribution in [2.24, 2.45) is 5.92 Å². The van der Waals surface area contributed by atoms with Crippen LogP contribution < -0.4 is 5.32 Å². The summed E-state index contributed by atoms with van der Waals surface area (Å²) in [6, 6.07) is 13.2. The number of nitriles is 1. The van der Waals surface area contributed by atoms with Gasteiger partial charge in [-0.15, -0.1) is 0 Å². The molecular formula is C17H24N2S. The van der Waals surface area contributed by atoms with Crippen LogP contribution in [0.4, 0.5) is 0 Å². The molecule has 0 heterocycles. The van der Waals surface area contributed by atoms with Gasteiger partial charge >= 0.3 is 0 Å². The minimum absolute atomic E-state index is 0.248. The molecule has 2 nitrogen and oxygen atoms in total. The second-order valence-corrected chi connectivity index (χ2v) is 6.63. The van der Waals surface area contributed by atoms with Gasteiger partial charge in [0, 0.05) is 5.75 Å². The van der Waals surface area contributed by atoms with E-state index in [-0.39, 0.29) is 5.54 Å². The predicted molar refractivity (Wildman–Crippen MR) is 86.6 cm³/mol. The number of nitrogens with zero attached hydrogens (tertiary/aromatic N) is 1. The fourth-order valence-corrected chi connectivity index (χ4v) is 4.22. The Morgan fingerprint density at radius 2 is 2.20 bits per heavy atom. The summed E-state index contributed by atoms with van der Waals surface area (Å²) in [4.78, 5) is 0. The van der Waals surface area contributed by atoms with Crippen LogP contribution in [0.15, 0.2) is 30.3 Å². The van der Waals surface area contributed by atoms with E-state index in [0.717, 1.165) is 30.9 Å². The lowest BCUT2D eigenvalue weighted by atomic mass is 9.86. The fourth-order valence-electron chi connectivity index (χ4n) is 3.19. The smallest absolute Gasteiger partial charge is 0.109 e. The van der Waals surface area contributed by atoms with Gasteiger partial charge in [0.1, 0.15) is 5.54 Å². The van der Waals surface area contributed by atoms with Crippen LogP contribution in [-0.4, -0.2) is 17.8 Å². The fraction of sp³-hybridized carbons (Fsp3) is 0.588. The summed E-state index contributed by atoms with van der Waals surface area (Å²) in [6.45, 7) is 2.99. The average molecular weight is 288 g/mol. The zero-order valence-electron chi connectivity index (χ0n) is 12.3. The minimum Gasteiger partial charge on any atom is -0.299 e. The van der Waals surface area contributed by atoms with Gasteiger partial charge in [0.25, 0.3) is 0 Å². The minimum atomic E-state index is -0.248. The molecule has 20 heavy (non-hydrogen) atoms. The first kappa shape index (κ1) is 15.4. The van der Waals surface area contributed by atoms with Gasteiger partial charge < -0.3 is 0 Å². The molecule has 2 unspecified atom stereocenters. The van der Waals surface area contributed by atoms with Crippen molar-refractivity contribution in [3.63, 3.8) is 0 Å². The van der Waals surface area contributed by atoms with Crippen LogP contribution in [0.25, 0.3) is 0 Å². The van der Waals surface area contributed by atoms with Crippen LogP contribution in [0.2, 0.25) is 0 Å². The summed E-state index contributed by atoms with van der Waals surface area (Å²) < 4.78 is 0. The van der Waals surface area contributed by atoms with Crippen LogP contribution in [0.3, 0.4) is 0 Å². The first-order valence-corrected chi connectivity index (χ1v) is 8.74. The van der Waals surface area contributed by atoms with E-state index in [1.807, 2.05) is 11.8 Å². The van der Waals surface area contributed by atoms with Crippen molar-refractivity contribution in [3.05, 3.63) is 35.9 Å². The first-order valence-electron chi connectivity index (χ1n) is 7.58. The molecule has 1 N–H and O–H groups in total. The molecule has 0 amide bonds. The molecule has 1 aliphatic rings. The van der Waals surface area contributed by atoms with Gasteiger partial charge in [0.05, 0.1) is 6.07 Å². The third-order valence-electron chi connectivity index (χ3n) is 4.23. The van der Waals surface area contributed by atoms with E-state index in [1.54, 1.807) is 0 Å². The third kappa shape index (κ3) is 3.77. The highest BCUT2D eigenvalue weighted by molar-refractivity contribution is 7.98. The molecule has 2 rings (SSSR count). The molecule has 0 aromatic heterocycles. The van der Waals surface area contributed by atoms with Gasteiger partial charge in [-0.1, -0.05) is 43.7 Å². The molecule has 3 heteroatoms. The number of hydrogen-bond donors (Lipinski definition) is 1. The maximum absolute atomic E-state index is 9.53. The van der Waals surface area contributed by atoms with Gasteiger partial charge in [-0.25, -0.2) is 0 Å². The molecule has 1 aromatic rings. The molecule has 1 aromatic carbocycles. The lowest BCUT2D eigenvalue weighted by Crippen LogP contribution is -2.47. The Labute approximate surface area is 127 Å². The van der Waals surface area contributed by atoms with E-state index in [1.165, 1.54) is 18.4 Å². The largest absolute Gasteiger partial charge is 0.299 e. The highest BCUT2D eigenvalue weighted by Crippen LogP contribution is 2.38. The van der Waals surface area contributed by atoms with Crippen molar-refractivity contribution in [2.75, 3.05) is 12.3 Å². The maximum atomic E-state index is 9.53. The van der Waals surface area contributed by atoms with E-state index >= 15 is 0 Å². The molecule has 2 atom stereocenters. The van der Waals surface area contributed by atoms with Crippen LogP contribution >= 0.6 is 11.8 Å². The Kier molecular flexibility index (Phi) is 5.94. The lowest BCUT2D eigenvalue weighted by molar-refractivity contribution is 0.317. The lowest BCUT2D eigenvalue weighted by Gasteiger charge is -2.29. The highest BCUT2D eigenvalue weighted by Gasteiger charge is 2.41. The summed E-state index contributed by atoms with van der Waals surface area (Å²) in [7, 11) is 0. The molecule has 0 saturated heterocycles. The molecular weight excluding hydrogens is 264 g/mol. The van der Waals surface area contributed by atoms with Gasteiger partial charge in [0.2, 0.25) is 0 Å². The summed E-state index contributed by atoms with van der Waals surface area (Å²) in [5, 5.41) is 13.0. The van der Waals surface area contributed by atoms with Crippen molar-refractivity contribution in [2.45, 2.75) is 43.9 Å². The number of rotatable bonds is 7. The Hall–Kier alpha value is -0.980. The number of thioether (sulfide) groups is 1. The second-order valence-electron chi connectivity index (χ2n) is 5.53. The van der Waals surface area contributed by atoms with Gasteiger partial charge in [-0.3, -0.25) is 5.32 Å². The molecule has 0 bridgehead atoms. The second kappa shape index (κ2) is 7.71. The number of benzene rings is 1. The van der Waals surface area contributed by atoms with Crippen molar-refractivity contribution >= 4 is 11.8 Å². The van der Waals surface area contributed by atoms with Gasteiger partial charge in [0.15, 0.2) is 0 Å². The molecule has 108 valence electrons. The quantitative estimate of drug-likeness (QED) is 0.771. The molecule has 0 spiro atoms. The first-order chi connectivity index (χ1) is 9.80. The monoisotopic (exact) mass is 288 g/mol.